The van der Waals surface area contributed by atoms with Crippen LogP contribution in [0, 0.1) is 10.1 Å². The summed E-state index contributed by atoms with van der Waals surface area (Å²) in [4.78, 5) is 36.4. The van der Waals surface area contributed by atoms with Crippen molar-refractivity contribution in [1.29, 1.82) is 0 Å². The van der Waals surface area contributed by atoms with E-state index in [0.717, 1.165) is 0 Å². The first-order chi connectivity index (χ1) is 11.6. The Kier molecular flexibility index (Phi) is 5.12. The second kappa shape index (κ2) is 6.79. The van der Waals surface area contributed by atoms with Crippen LogP contribution >= 0.6 is 0 Å². The van der Waals surface area contributed by atoms with E-state index in [1.807, 2.05) is 0 Å². The highest BCUT2D eigenvalue weighted by Gasteiger charge is 2.56. The number of carbonyl (C=O) groups excluding carboxylic acids is 1. The molecule has 0 bridgehead atoms. The summed E-state index contributed by atoms with van der Waals surface area (Å²) in [6, 6.07) is 5.86. The fourth-order valence-corrected chi connectivity index (χ4v) is 2.96. The number of hydrogen-bond donors (Lipinski definition) is 1. The number of benzene rings is 1. The molecule has 0 saturated carbocycles. The molecule has 0 aromatic heterocycles. The van der Waals surface area contributed by atoms with Gasteiger partial charge < -0.3 is 9.84 Å². The fourth-order valence-electron chi connectivity index (χ4n) is 2.96. The van der Waals surface area contributed by atoms with Crippen LogP contribution in [-0.2, 0) is 20.9 Å². The lowest BCUT2D eigenvalue weighted by Gasteiger charge is -2.34. The summed E-state index contributed by atoms with van der Waals surface area (Å²) in [5.41, 5.74) is -1.86. The number of carboxylic acid groups (broad SMARTS) is 1. The van der Waals surface area contributed by atoms with Gasteiger partial charge in [-0.3, -0.25) is 15.0 Å². The quantitative estimate of drug-likeness (QED) is 0.375. The summed E-state index contributed by atoms with van der Waals surface area (Å²) in [7, 11) is 0. The van der Waals surface area contributed by atoms with Gasteiger partial charge in [0, 0.05) is 25.2 Å². The molecule has 8 heteroatoms. The molecule has 1 aromatic rings. The van der Waals surface area contributed by atoms with Gasteiger partial charge in [0.25, 0.3) is 5.69 Å². The van der Waals surface area contributed by atoms with Gasteiger partial charge in [-0.1, -0.05) is 12.1 Å². The Morgan fingerprint density at radius 1 is 1.32 bits per heavy atom. The number of nitro benzene ring substituents is 1. The normalized spacial score (nSPS) is 21.1. The maximum absolute atomic E-state index is 12.6. The van der Waals surface area contributed by atoms with Gasteiger partial charge in [0.15, 0.2) is 0 Å². The number of rotatable bonds is 5. The molecule has 2 rings (SSSR count). The molecule has 1 N–H and O–H groups in total. The Bertz CT molecular complexity index is 679. The Hall–Kier alpha value is -2.48. The third kappa shape index (κ3) is 3.96. The second-order valence-corrected chi connectivity index (χ2v) is 7.12. The number of carboxylic acids is 1. The SMILES string of the molecule is CC(C)(C)OC(=O)[C@@]1(C(=O)O)CCCN1Cc1ccc([N+](=O)[O-])cc1. The van der Waals surface area contributed by atoms with Gasteiger partial charge >= 0.3 is 11.9 Å². The highest BCUT2D eigenvalue weighted by atomic mass is 16.6. The number of ether oxygens (including phenoxy) is 1. The van der Waals surface area contributed by atoms with Crippen molar-refractivity contribution < 1.29 is 24.4 Å². The van der Waals surface area contributed by atoms with Crippen molar-refractivity contribution in [3.05, 3.63) is 39.9 Å². The molecule has 136 valence electrons. The third-order valence-corrected chi connectivity index (χ3v) is 4.12. The monoisotopic (exact) mass is 350 g/mol. The maximum Gasteiger partial charge on any atom is 0.338 e. The van der Waals surface area contributed by atoms with E-state index in [9.17, 15) is 24.8 Å². The smallest absolute Gasteiger partial charge is 0.338 e. The number of nitrogens with zero attached hydrogens (tertiary/aromatic N) is 2. The zero-order valence-corrected chi connectivity index (χ0v) is 14.5. The Morgan fingerprint density at radius 3 is 2.40 bits per heavy atom. The Balaban J connectivity index is 2.27. The standard InChI is InChI=1S/C17H22N2O6/c1-16(2,3)25-15(22)17(14(20)21)9-4-10-18(17)11-12-5-7-13(8-6-12)19(23)24/h5-8H,4,9-11H2,1-3H3,(H,20,21)/t17-/m0/s1. The van der Waals surface area contributed by atoms with Gasteiger partial charge in [-0.2, -0.15) is 0 Å². The Labute approximate surface area is 145 Å². The number of likely N-dealkylation sites (tertiary alicyclic amines) is 1. The summed E-state index contributed by atoms with van der Waals surface area (Å²) in [5, 5.41) is 20.5. The van der Waals surface area contributed by atoms with E-state index >= 15 is 0 Å². The number of esters is 1. The topological polar surface area (TPSA) is 110 Å². The van der Waals surface area contributed by atoms with Crippen molar-refractivity contribution in [2.75, 3.05) is 6.54 Å². The highest BCUT2D eigenvalue weighted by Crippen LogP contribution is 2.34. The first kappa shape index (κ1) is 18.9. The fraction of sp³-hybridized carbons (Fsp3) is 0.529. The van der Waals surface area contributed by atoms with E-state index < -0.39 is 28.0 Å². The summed E-state index contributed by atoms with van der Waals surface area (Å²) in [6.45, 7) is 5.70. The largest absolute Gasteiger partial charge is 0.479 e. The van der Waals surface area contributed by atoms with E-state index in [1.165, 1.54) is 12.1 Å². The minimum absolute atomic E-state index is 0.0400. The number of non-ortho nitro benzene ring substituents is 1. The predicted molar refractivity (Wildman–Crippen MR) is 89.0 cm³/mol. The molecule has 0 amide bonds. The third-order valence-electron chi connectivity index (χ3n) is 4.12. The van der Waals surface area contributed by atoms with Crippen LogP contribution in [0.3, 0.4) is 0 Å². The van der Waals surface area contributed by atoms with Gasteiger partial charge in [-0.05, 0) is 39.2 Å². The van der Waals surface area contributed by atoms with Gasteiger partial charge in [0.2, 0.25) is 5.54 Å². The van der Waals surface area contributed by atoms with E-state index in [0.29, 0.717) is 18.5 Å². The minimum atomic E-state index is -1.73. The first-order valence-electron chi connectivity index (χ1n) is 8.01. The molecule has 1 aliphatic rings. The molecule has 0 spiro atoms. The summed E-state index contributed by atoms with van der Waals surface area (Å²) in [6.07, 6.45) is 0.725. The Morgan fingerprint density at radius 2 is 1.92 bits per heavy atom. The van der Waals surface area contributed by atoms with Crippen LogP contribution in [0.15, 0.2) is 24.3 Å². The maximum atomic E-state index is 12.6. The van der Waals surface area contributed by atoms with Crippen LogP contribution in [0.5, 0.6) is 0 Å². The molecule has 1 fully saturated rings. The number of nitro groups is 1. The summed E-state index contributed by atoms with van der Waals surface area (Å²) < 4.78 is 5.35. The molecular formula is C17H22N2O6. The molecule has 0 radical (unpaired) electrons. The average molecular weight is 350 g/mol. The molecular weight excluding hydrogens is 328 g/mol. The minimum Gasteiger partial charge on any atom is -0.479 e. The van der Waals surface area contributed by atoms with Crippen LogP contribution in [0.2, 0.25) is 0 Å². The van der Waals surface area contributed by atoms with Crippen LogP contribution < -0.4 is 0 Å². The van der Waals surface area contributed by atoms with Crippen LogP contribution in [-0.4, -0.2) is 44.6 Å². The molecule has 1 saturated heterocycles. The predicted octanol–water partition coefficient (Wildman–Crippen LogP) is 2.36. The van der Waals surface area contributed by atoms with Gasteiger partial charge in [0.1, 0.15) is 5.60 Å². The van der Waals surface area contributed by atoms with Gasteiger partial charge in [-0.25, -0.2) is 9.59 Å². The van der Waals surface area contributed by atoms with E-state index in [-0.39, 0.29) is 18.7 Å². The van der Waals surface area contributed by atoms with E-state index in [1.54, 1.807) is 37.8 Å². The van der Waals surface area contributed by atoms with Crippen molar-refractivity contribution in [3.8, 4) is 0 Å². The lowest BCUT2D eigenvalue weighted by atomic mass is 9.95. The second-order valence-electron chi connectivity index (χ2n) is 7.12. The molecule has 0 aliphatic carbocycles. The van der Waals surface area contributed by atoms with Crippen molar-refractivity contribution >= 4 is 17.6 Å². The van der Waals surface area contributed by atoms with Gasteiger partial charge in [-0.15, -0.1) is 0 Å². The molecule has 1 heterocycles. The lowest BCUT2D eigenvalue weighted by molar-refractivity contribution is -0.384. The summed E-state index contributed by atoms with van der Waals surface area (Å²) in [5.74, 6) is -2.01. The molecule has 1 atom stereocenters. The molecule has 8 nitrogen and oxygen atoms in total. The summed E-state index contributed by atoms with van der Waals surface area (Å²) >= 11 is 0. The average Bonchev–Trinajstić information content (AvgIpc) is 2.90. The number of carbonyl (C=O) groups is 2. The van der Waals surface area contributed by atoms with Crippen molar-refractivity contribution in [3.63, 3.8) is 0 Å². The van der Waals surface area contributed by atoms with Crippen LogP contribution in [0.1, 0.15) is 39.2 Å². The first-order valence-corrected chi connectivity index (χ1v) is 8.01. The number of hydrogen-bond acceptors (Lipinski definition) is 6. The molecule has 25 heavy (non-hydrogen) atoms. The van der Waals surface area contributed by atoms with E-state index in [4.69, 9.17) is 4.74 Å². The lowest BCUT2D eigenvalue weighted by Crippen LogP contribution is -2.58. The zero-order valence-electron chi connectivity index (χ0n) is 14.5. The molecule has 0 unspecified atom stereocenters. The van der Waals surface area contributed by atoms with Crippen LogP contribution in [0.25, 0.3) is 0 Å². The molecule has 1 aromatic carbocycles. The van der Waals surface area contributed by atoms with Crippen molar-refractivity contribution in [1.82, 2.24) is 4.90 Å². The number of aliphatic carboxylic acids is 1. The van der Waals surface area contributed by atoms with E-state index in [2.05, 4.69) is 0 Å². The van der Waals surface area contributed by atoms with Crippen molar-refractivity contribution in [2.45, 2.75) is 51.3 Å². The zero-order chi connectivity index (χ0) is 18.8. The highest BCUT2D eigenvalue weighted by molar-refractivity contribution is 6.04. The van der Waals surface area contributed by atoms with Crippen molar-refractivity contribution in [2.24, 2.45) is 0 Å². The van der Waals surface area contributed by atoms with Gasteiger partial charge in [0.05, 0.1) is 4.92 Å². The van der Waals surface area contributed by atoms with Crippen LogP contribution in [0.4, 0.5) is 5.69 Å². The molecule has 1 aliphatic heterocycles.